The van der Waals surface area contributed by atoms with Crippen molar-refractivity contribution < 1.29 is 29.0 Å². The number of nitrogens with zero attached hydrogens (tertiary/aromatic N) is 4. The maximum Gasteiger partial charge on any atom is 0.226 e. The van der Waals surface area contributed by atoms with Gasteiger partial charge in [-0.3, -0.25) is 24.7 Å². The third-order valence-electron chi connectivity index (χ3n) is 5.29. The molecule has 0 radical (unpaired) electrons. The predicted octanol–water partition coefficient (Wildman–Crippen LogP) is 6.91. The first-order valence-electron chi connectivity index (χ1n) is 12.2. The summed E-state index contributed by atoms with van der Waals surface area (Å²) in [4.78, 5) is 27.7. The fourth-order valence-electron chi connectivity index (χ4n) is 3.49. The van der Waals surface area contributed by atoms with E-state index in [9.17, 15) is 4.79 Å². The van der Waals surface area contributed by atoms with Gasteiger partial charge >= 0.3 is 0 Å². The van der Waals surface area contributed by atoms with Crippen molar-refractivity contribution in [3.8, 4) is 17.1 Å². The van der Waals surface area contributed by atoms with E-state index >= 15 is 0 Å². The molecule has 0 saturated heterocycles. The average molecular weight is 608 g/mol. The van der Waals surface area contributed by atoms with Gasteiger partial charge in [-0.05, 0) is 61.9 Å². The SMILES string of the molecule is CC.Cc1cc2cccnc2c2ncccc12.Cc1occc(=O)c1O.[Ru].c1ccc(-c2ccccn2)nc1. The Labute approximate surface area is 240 Å². The molecule has 8 heteroatoms. The minimum absolute atomic E-state index is 0. The summed E-state index contributed by atoms with van der Waals surface area (Å²) in [6.45, 7) is 7.63. The summed E-state index contributed by atoms with van der Waals surface area (Å²) in [5.74, 6) is -0.0556. The Hall–Kier alpha value is -4.29. The monoisotopic (exact) mass is 608 g/mol. The van der Waals surface area contributed by atoms with Gasteiger partial charge in [0.1, 0.15) is 5.76 Å². The zero-order chi connectivity index (χ0) is 27.3. The van der Waals surface area contributed by atoms with Crippen LogP contribution in [-0.2, 0) is 19.5 Å². The van der Waals surface area contributed by atoms with Crippen LogP contribution in [0.1, 0.15) is 25.2 Å². The Morgan fingerprint density at radius 1 is 0.692 bits per heavy atom. The van der Waals surface area contributed by atoms with Gasteiger partial charge in [0.25, 0.3) is 0 Å². The van der Waals surface area contributed by atoms with Crippen LogP contribution < -0.4 is 5.43 Å². The van der Waals surface area contributed by atoms with Gasteiger partial charge in [-0.1, -0.05) is 38.1 Å². The molecule has 0 aliphatic rings. The van der Waals surface area contributed by atoms with E-state index in [1.165, 1.54) is 30.2 Å². The van der Waals surface area contributed by atoms with Crippen molar-refractivity contribution in [2.24, 2.45) is 0 Å². The second kappa shape index (κ2) is 15.8. The molecule has 7 nitrogen and oxygen atoms in total. The van der Waals surface area contributed by atoms with Crippen LogP contribution >= 0.6 is 0 Å². The first-order valence-corrected chi connectivity index (χ1v) is 12.2. The van der Waals surface area contributed by atoms with Crippen molar-refractivity contribution in [2.45, 2.75) is 27.7 Å². The van der Waals surface area contributed by atoms with Crippen molar-refractivity contribution in [2.75, 3.05) is 0 Å². The molecule has 0 atom stereocenters. The molecule has 1 N–H and O–H groups in total. The van der Waals surface area contributed by atoms with Gasteiger partial charge in [0.15, 0.2) is 0 Å². The van der Waals surface area contributed by atoms with Crippen molar-refractivity contribution in [3.05, 3.63) is 125 Å². The number of benzene rings is 1. The minimum Gasteiger partial charge on any atom is -0.502 e. The zero-order valence-corrected chi connectivity index (χ0v) is 24.0. The molecule has 0 unspecified atom stereocenters. The van der Waals surface area contributed by atoms with Crippen molar-refractivity contribution >= 4 is 21.8 Å². The molecule has 0 amide bonds. The second-order valence-electron chi connectivity index (χ2n) is 7.79. The summed E-state index contributed by atoms with van der Waals surface area (Å²) in [6, 6.07) is 23.0. The molecule has 0 fully saturated rings. The second-order valence-corrected chi connectivity index (χ2v) is 7.79. The van der Waals surface area contributed by atoms with Gasteiger partial charge < -0.3 is 9.52 Å². The van der Waals surface area contributed by atoms with Gasteiger partial charge in [0.05, 0.1) is 28.7 Å². The third-order valence-corrected chi connectivity index (χ3v) is 5.29. The summed E-state index contributed by atoms with van der Waals surface area (Å²) in [7, 11) is 0. The number of rotatable bonds is 1. The third kappa shape index (κ3) is 8.35. The van der Waals surface area contributed by atoms with E-state index in [1.807, 2.05) is 74.8 Å². The number of fused-ring (bicyclic) bond motifs is 3. The van der Waals surface area contributed by atoms with Gasteiger partial charge in [0, 0.05) is 61.1 Å². The number of hydrogen-bond donors (Lipinski definition) is 1. The normalized spacial score (nSPS) is 9.54. The van der Waals surface area contributed by atoms with Crippen molar-refractivity contribution in [1.29, 1.82) is 0 Å². The van der Waals surface area contributed by atoms with Crippen LogP contribution in [0.2, 0.25) is 0 Å². The predicted molar refractivity (Wildman–Crippen MR) is 152 cm³/mol. The fraction of sp³-hybridized carbons (Fsp3) is 0.129. The van der Waals surface area contributed by atoms with Crippen LogP contribution in [0.15, 0.2) is 113 Å². The van der Waals surface area contributed by atoms with Crippen LogP contribution in [0, 0.1) is 13.8 Å². The molecule has 200 valence electrons. The topological polar surface area (TPSA) is 102 Å². The van der Waals surface area contributed by atoms with E-state index in [1.54, 1.807) is 12.4 Å². The number of pyridine rings is 4. The molecule has 5 heterocycles. The van der Waals surface area contributed by atoms with Gasteiger partial charge in [-0.25, -0.2) is 0 Å². The molecular weight excluding hydrogens is 577 g/mol. The van der Waals surface area contributed by atoms with E-state index < -0.39 is 5.43 Å². The number of aromatic hydroxyl groups is 1. The number of hydrogen-bond acceptors (Lipinski definition) is 7. The molecule has 39 heavy (non-hydrogen) atoms. The van der Waals surface area contributed by atoms with Crippen LogP contribution in [0.25, 0.3) is 33.2 Å². The molecule has 0 saturated carbocycles. The Balaban J connectivity index is 0.000000202. The van der Waals surface area contributed by atoms with E-state index in [0.717, 1.165) is 27.8 Å². The summed E-state index contributed by atoms with van der Waals surface area (Å²) >= 11 is 0. The molecule has 0 aliphatic heterocycles. The fourth-order valence-corrected chi connectivity index (χ4v) is 3.49. The van der Waals surface area contributed by atoms with Crippen molar-refractivity contribution in [1.82, 2.24) is 19.9 Å². The average Bonchev–Trinajstić information content (AvgIpc) is 2.99. The maximum atomic E-state index is 10.5. The van der Waals surface area contributed by atoms with Crippen LogP contribution in [0.5, 0.6) is 5.75 Å². The van der Waals surface area contributed by atoms with E-state index in [-0.39, 0.29) is 31.0 Å². The quantitative estimate of drug-likeness (QED) is 0.160. The number of aryl methyl sites for hydroxylation is 2. The van der Waals surface area contributed by atoms with Gasteiger partial charge in [-0.2, -0.15) is 0 Å². The standard InChI is InChI=1S/C13H10N2.C10H8N2.C6H6O3.C2H6.Ru/c1-9-8-10-4-2-6-14-12(10)13-11(9)5-3-7-15-13;1-3-7-11-9(5-1)10-6-2-4-8-12-10;1-4-6(8)5(7)2-3-9-4;1-2;/h2-8H,1H3;1-8H;2-3,8H,1H3;1-2H3;. The molecule has 6 rings (SSSR count). The molecule has 0 bridgehead atoms. The Kier molecular flexibility index (Phi) is 12.6. The molecular formula is C31H30N4O3Ru. The minimum atomic E-state index is -0.404. The smallest absolute Gasteiger partial charge is 0.226 e. The number of aromatic nitrogens is 4. The van der Waals surface area contributed by atoms with E-state index in [4.69, 9.17) is 5.11 Å². The van der Waals surface area contributed by atoms with Gasteiger partial charge in [0.2, 0.25) is 11.2 Å². The molecule has 0 aliphatic carbocycles. The van der Waals surface area contributed by atoms with Gasteiger partial charge in [-0.15, -0.1) is 0 Å². The molecule has 0 spiro atoms. The Morgan fingerprint density at radius 3 is 1.79 bits per heavy atom. The zero-order valence-electron chi connectivity index (χ0n) is 22.2. The summed E-state index contributed by atoms with van der Waals surface area (Å²) in [5.41, 5.74) is 4.65. The van der Waals surface area contributed by atoms with Crippen LogP contribution in [0.3, 0.4) is 0 Å². The summed E-state index contributed by atoms with van der Waals surface area (Å²) < 4.78 is 4.69. The van der Waals surface area contributed by atoms with E-state index in [2.05, 4.69) is 49.5 Å². The van der Waals surface area contributed by atoms with E-state index in [0.29, 0.717) is 0 Å². The summed E-state index contributed by atoms with van der Waals surface area (Å²) in [6.07, 6.45) is 8.41. The molecule has 5 aromatic heterocycles. The van der Waals surface area contributed by atoms with Crippen LogP contribution in [0.4, 0.5) is 0 Å². The largest absolute Gasteiger partial charge is 0.502 e. The molecule has 1 aromatic carbocycles. The first kappa shape index (κ1) is 30.9. The first-order chi connectivity index (χ1) is 18.5. The maximum absolute atomic E-state index is 10.5. The van der Waals surface area contributed by atoms with Crippen molar-refractivity contribution in [3.63, 3.8) is 0 Å². The van der Waals surface area contributed by atoms with Crippen LogP contribution in [-0.4, -0.2) is 25.0 Å². The Bertz CT molecular complexity index is 1610. The summed E-state index contributed by atoms with van der Waals surface area (Å²) in [5, 5.41) is 11.1. The molecule has 6 aromatic rings. The Morgan fingerprint density at radius 2 is 1.26 bits per heavy atom.